The standard InChI is InChI=1S/C15H11Cl3N2O2/c16-12-7-6-11(8-13(12)17)19-20-14(18)15(21)22-9-10-4-2-1-3-5-10/h1-8,19H,9H2/b20-14+. The van der Waals surface area contributed by atoms with Gasteiger partial charge in [0.15, 0.2) is 0 Å². The van der Waals surface area contributed by atoms with Crippen LogP contribution in [0.15, 0.2) is 53.6 Å². The van der Waals surface area contributed by atoms with Gasteiger partial charge in [0.05, 0.1) is 15.7 Å². The number of carbonyl (C=O) groups excluding carboxylic acids is 1. The fraction of sp³-hybridized carbons (Fsp3) is 0.0667. The van der Waals surface area contributed by atoms with Crippen molar-refractivity contribution in [3.05, 3.63) is 64.1 Å². The summed E-state index contributed by atoms with van der Waals surface area (Å²) in [4.78, 5) is 11.7. The molecule has 22 heavy (non-hydrogen) atoms. The van der Waals surface area contributed by atoms with Crippen LogP contribution in [0.3, 0.4) is 0 Å². The molecule has 0 saturated heterocycles. The highest BCUT2D eigenvalue weighted by Crippen LogP contribution is 2.24. The highest BCUT2D eigenvalue weighted by Gasteiger charge is 2.10. The zero-order chi connectivity index (χ0) is 15.9. The van der Waals surface area contributed by atoms with Gasteiger partial charge in [-0.3, -0.25) is 5.43 Å². The summed E-state index contributed by atoms with van der Waals surface area (Å²) in [6, 6.07) is 14.1. The van der Waals surface area contributed by atoms with Gasteiger partial charge in [-0.05, 0) is 23.8 Å². The Kier molecular flexibility index (Phi) is 6.07. The Morgan fingerprint density at radius 1 is 1.09 bits per heavy atom. The second-order valence-electron chi connectivity index (χ2n) is 4.21. The average Bonchev–Trinajstić information content (AvgIpc) is 2.54. The van der Waals surface area contributed by atoms with E-state index in [1.54, 1.807) is 18.2 Å². The Hall–Kier alpha value is -1.75. The van der Waals surface area contributed by atoms with Crippen molar-refractivity contribution in [3.8, 4) is 0 Å². The van der Waals surface area contributed by atoms with E-state index >= 15 is 0 Å². The van der Waals surface area contributed by atoms with Gasteiger partial charge < -0.3 is 4.74 Å². The molecule has 0 bridgehead atoms. The molecule has 4 nitrogen and oxygen atoms in total. The predicted octanol–water partition coefficient (Wildman–Crippen LogP) is 4.70. The van der Waals surface area contributed by atoms with Gasteiger partial charge in [0.2, 0.25) is 5.17 Å². The number of halogens is 3. The van der Waals surface area contributed by atoms with Crippen molar-refractivity contribution in [1.29, 1.82) is 0 Å². The quantitative estimate of drug-likeness (QED) is 0.479. The van der Waals surface area contributed by atoms with Crippen molar-refractivity contribution >= 4 is 51.6 Å². The molecule has 0 aromatic heterocycles. The third-order valence-corrected chi connectivity index (χ3v) is 3.56. The van der Waals surface area contributed by atoms with Gasteiger partial charge in [0.25, 0.3) is 0 Å². The number of benzene rings is 2. The number of esters is 1. The monoisotopic (exact) mass is 356 g/mol. The molecule has 2 aromatic rings. The van der Waals surface area contributed by atoms with Crippen LogP contribution in [0.1, 0.15) is 5.56 Å². The lowest BCUT2D eigenvalue weighted by molar-refractivity contribution is -0.136. The van der Waals surface area contributed by atoms with E-state index in [0.717, 1.165) is 5.56 Å². The highest BCUT2D eigenvalue weighted by molar-refractivity contribution is 6.82. The van der Waals surface area contributed by atoms with Crippen LogP contribution in [0.4, 0.5) is 5.69 Å². The summed E-state index contributed by atoms with van der Waals surface area (Å²) in [5.41, 5.74) is 4.01. The van der Waals surface area contributed by atoms with Crippen LogP contribution in [0.2, 0.25) is 10.0 Å². The molecule has 0 aliphatic heterocycles. The summed E-state index contributed by atoms with van der Waals surface area (Å²) in [5.74, 6) is -0.724. The highest BCUT2D eigenvalue weighted by atomic mass is 35.5. The van der Waals surface area contributed by atoms with Gasteiger partial charge in [-0.2, -0.15) is 5.10 Å². The lowest BCUT2D eigenvalue weighted by atomic mass is 10.2. The molecule has 0 aliphatic carbocycles. The van der Waals surface area contributed by atoms with Crippen LogP contribution in [-0.4, -0.2) is 11.1 Å². The number of ether oxygens (including phenoxy) is 1. The van der Waals surface area contributed by atoms with E-state index in [4.69, 9.17) is 39.5 Å². The Balaban J connectivity index is 1.90. The summed E-state index contributed by atoms with van der Waals surface area (Å²) in [6.07, 6.45) is 0. The first-order valence-corrected chi connectivity index (χ1v) is 7.35. The van der Waals surface area contributed by atoms with E-state index in [2.05, 4.69) is 10.5 Å². The summed E-state index contributed by atoms with van der Waals surface area (Å²) in [7, 11) is 0. The van der Waals surface area contributed by atoms with Gasteiger partial charge in [0.1, 0.15) is 6.61 Å². The average molecular weight is 358 g/mol. The van der Waals surface area contributed by atoms with Crippen molar-refractivity contribution in [2.45, 2.75) is 6.61 Å². The van der Waals surface area contributed by atoms with Crippen molar-refractivity contribution in [3.63, 3.8) is 0 Å². The smallest absolute Gasteiger partial charge is 0.371 e. The van der Waals surface area contributed by atoms with Gasteiger partial charge in [-0.25, -0.2) is 4.79 Å². The van der Waals surface area contributed by atoms with Crippen molar-refractivity contribution in [2.24, 2.45) is 5.10 Å². The minimum absolute atomic E-state index is 0.123. The van der Waals surface area contributed by atoms with Crippen molar-refractivity contribution in [2.75, 3.05) is 5.43 Å². The largest absolute Gasteiger partial charge is 0.455 e. The maximum absolute atomic E-state index is 11.7. The molecule has 0 saturated carbocycles. The number of nitrogens with zero attached hydrogens (tertiary/aromatic N) is 1. The molecular weight excluding hydrogens is 347 g/mol. The summed E-state index contributed by atoms with van der Waals surface area (Å²) in [5, 5.41) is 4.20. The summed E-state index contributed by atoms with van der Waals surface area (Å²) < 4.78 is 5.03. The maximum atomic E-state index is 11.7. The van der Waals surface area contributed by atoms with Crippen molar-refractivity contribution in [1.82, 2.24) is 0 Å². The Morgan fingerprint density at radius 3 is 2.50 bits per heavy atom. The fourth-order valence-electron chi connectivity index (χ4n) is 1.51. The number of hydrogen-bond donors (Lipinski definition) is 1. The van der Waals surface area contributed by atoms with Crippen LogP contribution in [0.25, 0.3) is 0 Å². The molecule has 0 heterocycles. The minimum Gasteiger partial charge on any atom is -0.455 e. The first kappa shape index (κ1) is 16.6. The lowest BCUT2D eigenvalue weighted by Crippen LogP contribution is -2.13. The normalized spacial score (nSPS) is 11.1. The van der Waals surface area contributed by atoms with E-state index in [-0.39, 0.29) is 11.8 Å². The molecule has 114 valence electrons. The zero-order valence-electron chi connectivity index (χ0n) is 11.2. The van der Waals surface area contributed by atoms with Crippen LogP contribution in [0, 0.1) is 0 Å². The SMILES string of the molecule is O=C(OCc1ccccc1)/C(Cl)=N\Nc1ccc(Cl)c(Cl)c1. The zero-order valence-corrected chi connectivity index (χ0v) is 13.5. The maximum Gasteiger partial charge on any atom is 0.371 e. The molecule has 0 spiro atoms. The molecule has 2 rings (SSSR count). The van der Waals surface area contributed by atoms with E-state index in [9.17, 15) is 4.79 Å². The van der Waals surface area contributed by atoms with E-state index in [1.807, 2.05) is 30.3 Å². The Bertz CT molecular complexity index is 690. The number of hydrogen-bond acceptors (Lipinski definition) is 4. The molecule has 1 N–H and O–H groups in total. The molecular formula is C15H11Cl3N2O2. The number of nitrogens with one attached hydrogen (secondary N) is 1. The summed E-state index contributed by atoms with van der Waals surface area (Å²) in [6.45, 7) is 0.123. The van der Waals surface area contributed by atoms with Gasteiger partial charge in [-0.1, -0.05) is 65.1 Å². The van der Waals surface area contributed by atoms with Gasteiger partial charge in [-0.15, -0.1) is 0 Å². The molecule has 0 amide bonds. The predicted molar refractivity (Wildman–Crippen MR) is 89.6 cm³/mol. The van der Waals surface area contributed by atoms with Crippen molar-refractivity contribution < 1.29 is 9.53 Å². The molecule has 2 aromatic carbocycles. The molecule has 0 unspecified atom stereocenters. The van der Waals surface area contributed by atoms with E-state index < -0.39 is 5.97 Å². The number of carbonyl (C=O) groups is 1. The minimum atomic E-state index is -0.724. The van der Waals surface area contributed by atoms with Crippen LogP contribution in [-0.2, 0) is 16.1 Å². The molecule has 7 heteroatoms. The van der Waals surface area contributed by atoms with Crippen LogP contribution in [0.5, 0.6) is 0 Å². The third kappa shape index (κ3) is 4.91. The number of hydrazone groups is 1. The first-order valence-electron chi connectivity index (χ1n) is 6.21. The van der Waals surface area contributed by atoms with Gasteiger partial charge in [0, 0.05) is 0 Å². The molecule has 0 atom stereocenters. The molecule has 0 fully saturated rings. The fourth-order valence-corrected chi connectivity index (χ4v) is 1.90. The Morgan fingerprint density at radius 2 is 1.82 bits per heavy atom. The lowest BCUT2D eigenvalue weighted by Gasteiger charge is -2.05. The van der Waals surface area contributed by atoms with Crippen LogP contribution >= 0.6 is 34.8 Å². The number of anilines is 1. The molecule has 0 radical (unpaired) electrons. The second-order valence-corrected chi connectivity index (χ2v) is 5.38. The molecule has 0 aliphatic rings. The number of rotatable bonds is 5. The van der Waals surface area contributed by atoms with E-state index in [0.29, 0.717) is 15.7 Å². The van der Waals surface area contributed by atoms with E-state index in [1.165, 1.54) is 0 Å². The van der Waals surface area contributed by atoms with Crippen LogP contribution < -0.4 is 5.43 Å². The topological polar surface area (TPSA) is 50.7 Å². The second kappa shape index (κ2) is 8.03. The Labute approximate surface area is 142 Å². The summed E-state index contributed by atoms with van der Waals surface area (Å²) >= 11 is 17.4. The first-order chi connectivity index (χ1) is 10.6. The third-order valence-electron chi connectivity index (χ3n) is 2.58. The van der Waals surface area contributed by atoms with Gasteiger partial charge >= 0.3 is 5.97 Å².